The third kappa shape index (κ3) is 5.17. The maximum absolute atomic E-state index is 11.7. The topological polar surface area (TPSA) is 92.4 Å². The Kier molecular flexibility index (Phi) is 6.80. The minimum atomic E-state index is -0.891. The van der Waals surface area contributed by atoms with Crippen molar-refractivity contribution < 1.29 is 14.7 Å². The first-order valence-electron chi connectivity index (χ1n) is 6.07. The molecule has 0 saturated heterocycles. The van der Waals surface area contributed by atoms with Crippen molar-refractivity contribution in [2.45, 2.75) is 40.2 Å². The summed E-state index contributed by atoms with van der Waals surface area (Å²) < 4.78 is 0. The largest absolute Gasteiger partial charge is 0.481 e. The monoisotopic (exact) mass is 244 g/mol. The minimum absolute atomic E-state index is 0.0207. The van der Waals surface area contributed by atoms with Gasteiger partial charge in [0.2, 0.25) is 5.91 Å². The molecule has 0 aliphatic carbocycles. The number of carboxylic acid groups (broad SMARTS) is 1. The predicted molar refractivity (Wildman–Crippen MR) is 66.4 cm³/mol. The van der Waals surface area contributed by atoms with Crippen LogP contribution in [-0.2, 0) is 9.59 Å². The lowest BCUT2D eigenvalue weighted by Crippen LogP contribution is -2.47. The van der Waals surface area contributed by atoms with Gasteiger partial charge in [-0.25, -0.2) is 0 Å². The van der Waals surface area contributed by atoms with Crippen molar-refractivity contribution in [1.29, 1.82) is 0 Å². The van der Waals surface area contributed by atoms with Gasteiger partial charge in [0.1, 0.15) is 0 Å². The van der Waals surface area contributed by atoms with Crippen molar-refractivity contribution in [1.82, 2.24) is 5.32 Å². The van der Waals surface area contributed by atoms with Gasteiger partial charge in [-0.1, -0.05) is 34.1 Å². The first kappa shape index (κ1) is 15.9. The van der Waals surface area contributed by atoms with E-state index in [1.165, 1.54) is 0 Å². The maximum atomic E-state index is 11.7. The molecule has 4 N–H and O–H groups in total. The fourth-order valence-corrected chi connectivity index (χ4v) is 1.45. The summed E-state index contributed by atoms with van der Waals surface area (Å²) in [6.07, 6.45) is 0.821. The molecule has 0 bridgehead atoms. The van der Waals surface area contributed by atoms with E-state index >= 15 is 0 Å². The molecule has 0 fully saturated rings. The van der Waals surface area contributed by atoms with Crippen molar-refractivity contribution >= 4 is 11.9 Å². The number of amides is 1. The van der Waals surface area contributed by atoms with Crippen LogP contribution in [0.3, 0.4) is 0 Å². The van der Waals surface area contributed by atoms with Crippen molar-refractivity contribution in [3.63, 3.8) is 0 Å². The van der Waals surface area contributed by atoms with Crippen LogP contribution >= 0.6 is 0 Å². The molecule has 0 aromatic rings. The summed E-state index contributed by atoms with van der Waals surface area (Å²) in [4.78, 5) is 22.6. The Hall–Kier alpha value is -1.10. The molecule has 3 unspecified atom stereocenters. The van der Waals surface area contributed by atoms with E-state index in [0.29, 0.717) is 0 Å². The van der Waals surface area contributed by atoms with Crippen molar-refractivity contribution in [3.05, 3.63) is 0 Å². The molecule has 5 nitrogen and oxygen atoms in total. The van der Waals surface area contributed by atoms with Crippen LogP contribution in [0, 0.1) is 17.8 Å². The van der Waals surface area contributed by atoms with Gasteiger partial charge in [-0.2, -0.15) is 0 Å². The molecule has 0 aliphatic heterocycles. The predicted octanol–water partition coefficient (Wildman–Crippen LogP) is 0.833. The van der Waals surface area contributed by atoms with E-state index in [9.17, 15) is 9.59 Å². The van der Waals surface area contributed by atoms with Crippen LogP contribution < -0.4 is 11.1 Å². The number of carbonyl (C=O) groups is 2. The molecule has 0 spiro atoms. The van der Waals surface area contributed by atoms with Crippen LogP contribution in [0.25, 0.3) is 0 Å². The van der Waals surface area contributed by atoms with E-state index < -0.39 is 17.9 Å². The summed E-state index contributed by atoms with van der Waals surface area (Å²) in [5.74, 6) is -1.66. The third-order valence-electron chi connectivity index (χ3n) is 3.18. The van der Waals surface area contributed by atoms with Crippen LogP contribution in [0.4, 0.5) is 0 Å². The Bertz CT molecular complexity index is 266. The second-order valence-electron chi connectivity index (χ2n) is 4.85. The molecular weight excluding hydrogens is 220 g/mol. The van der Waals surface area contributed by atoms with E-state index in [2.05, 4.69) is 5.32 Å². The zero-order valence-corrected chi connectivity index (χ0v) is 11.1. The highest BCUT2D eigenvalue weighted by Gasteiger charge is 2.24. The summed E-state index contributed by atoms with van der Waals surface area (Å²) in [5.41, 5.74) is 5.75. The Labute approximate surface area is 103 Å². The molecule has 5 heteroatoms. The average molecular weight is 244 g/mol. The number of nitrogens with two attached hydrogens (primary N) is 1. The molecule has 1 amide bonds. The number of rotatable bonds is 7. The van der Waals surface area contributed by atoms with Gasteiger partial charge in [-0.3, -0.25) is 9.59 Å². The highest BCUT2D eigenvalue weighted by atomic mass is 16.4. The Morgan fingerprint density at radius 3 is 2.18 bits per heavy atom. The quantitative estimate of drug-likeness (QED) is 0.618. The van der Waals surface area contributed by atoms with Gasteiger partial charge < -0.3 is 16.2 Å². The Morgan fingerprint density at radius 1 is 1.29 bits per heavy atom. The molecule has 0 aromatic carbocycles. The van der Waals surface area contributed by atoms with E-state index in [1.807, 2.05) is 27.7 Å². The van der Waals surface area contributed by atoms with Crippen molar-refractivity contribution in [3.8, 4) is 0 Å². The highest BCUT2D eigenvalue weighted by molar-refractivity contribution is 5.82. The first-order chi connectivity index (χ1) is 7.81. The second kappa shape index (κ2) is 7.27. The summed E-state index contributed by atoms with van der Waals surface area (Å²) in [6.45, 7) is 7.64. The number of hydrogen-bond acceptors (Lipinski definition) is 3. The molecule has 17 heavy (non-hydrogen) atoms. The van der Waals surface area contributed by atoms with Crippen molar-refractivity contribution in [2.24, 2.45) is 23.5 Å². The summed E-state index contributed by atoms with van der Waals surface area (Å²) >= 11 is 0. The molecule has 100 valence electrons. The molecule has 0 radical (unpaired) electrons. The summed E-state index contributed by atoms with van der Waals surface area (Å²) in [7, 11) is 0. The van der Waals surface area contributed by atoms with Gasteiger partial charge in [0.25, 0.3) is 0 Å². The number of hydrogen-bond donors (Lipinski definition) is 3. The fraction of sp³-hybridized carbons (Fsp3) is 0.833. The van der Waals surface area contributed by atoms with Crippen LogP contribution in [0.15, 0.2) is 0 Å². The average Bonchev–Trinajstić information content (AvgIpc) is 2.25. The molecule has 3 atom stereocenters. The lowest BCUT2D eigenvalue weighted by atomic mass is 9.95. The van der Waals surface area contributed by atoms with Gasteiger partial charge in [0.05, 0.1) is 12.0 Å². The summed E-state index contributed by atoms with van der Waals surface area (Å²) in [5, 5.41) is 11.6. The van der Waals surface area contributed by atoms with Gasteiger partial charge in [-0.15, -0.1) is 0 Å². The molecule has 0 rings (SSSR count). The lowest BCUT2D eigenvalue weighted by Gasteiger charge is -2.21. The Balaban J connectivity index is 4.26. The molecular formula is C12H24N2O3. The number of nitrogens with one attached hydrogen (secondary N) is 1. The van der Waals surface area contributed by atoms with Crippen LogP contribution in [0.2, 0.25) is 0 Å². The van der Waals surface area contributed by atoms with Gasteiger partial charge in [-0.05, 0) is 11.8 Å². The molecule has 0 aliphatic rings. The Morgan fingerprint density at radius 2 is 1.82 bits per heavy atom. The summed E-state index contributed by atoms with van der Waals surface area (Å²) in [6, 6.07) is -0.568. The third-order valence-corrected chi connectivity index (χ3v) is 3.18. The lowest BCUT2D eigenvalue weighted by molar-refractivity contribution is -0.143. The van der Waals surface area contributed by atoms with Gasteiger partial charge in [0.15, 0.2) is 0 Å². The zero-order chi connectivity index (χ0) is 13.6. The first-order valence-corrected chi connectivity index (χ1v) is 6.07. The molecule has 0 saturated carbocycles. The fourth-order valence-electron chi connectivity index (χ4n) is 1.45. The van der Waals surface area contributed by atoms with Gasteiger partial charge >= 0.3 is 5.97 Å². The maximum Gasteiger partial charge on any atom is 0.308 e. The highest BCUT2D eigenvalue weighted by Crippen LogP contribution is 2.10. The number of aliphatic carboxylic acids is 1. The second-order valence-corrected chi connectivity index (χ2v) is 4.85. The van der Waals surface area contributed by atoms with Crippen molar-refractivity contribution in [2.75, 3.05) is 6.54 Å². The van der Waals surface area contributed by atoms with E-state index in [1.54, 1.807) is 0 Å². The SMILES string of the molecule is CCC(C)C(N)C(=O)NCC(C(=O)O)C(C)C. The normalized spacial score (nSPS) is 16.4. The van der Waals surface area contributed by atoms with Crippen LogP contribution in [-0.4, -0.2) is 29.6 Å². The zero-order valence-electron chi connectivity index (χ0n) is 11.1. The smallest absolute Gasteiger partial charge is 0.308 e. The number of carbonyl (C=O) groups excluding carboxylic acids is 1. The van der Waals surface area contributed by atoms with Crippen LogP contribution in [0.5, 0.6) is 0 Å². The number of carboxylic acids is 1. The van der Waals surface area contributed by atoms with E-state index in [4.69, 9.17) is 10.8 Å². The van der Waals surface area contributed by atoms with Crippen LogP contribution in [0.1, 0.15) is 34.1 Å². The molecule has 0 aromatic heterocycles. The van der Waals surface area contributed by atoms with Gasteiger partial charge in [0, 0.05) is 6.54 Å². The van der Waals surface area contributed by atoms with E-state index in [-0.39, 0.29) is 24.3 Å². The molecule has 0 heterocycles. The minimum Gasteiger partial charge on any atom is -0.481 e. The van der Waals surface area contributed by atoms with E-state index in [0.717, 1.165) is 6.42 Å². The standard InChI is InChI=1S/C12H24N2O3/c1-5-8(4)10(13)11(15)14-6-9(7(2)3)12(16)17/h7-10H,5-6,13H2,1-4H3,(H,14,15)(H,16,17).